The number of rotatable bonds is 7. The molecule has 1 N–H and O–H groups in total. The molecular weight excluding hydrogens is 404 g/mol. The van der Waals surface area contributed by atoms with E-state index in [2.05, 4.69) is 15.5 Å². The van der Waals surface area contributed by atoms with Crippen LogP contribution in [0.25, 0.3) is 11.5 Å². The summed E-state index contributed by atoms with van der Waals surface area (Å²) in [7, 11) is 0. The molecule has 0 aliphatic carbocycles. The molecule has 1 aliphatic rings. The van der Waals surface area contributed by atoms with Gasteiger partial charge in [-0.25, -0.2) is 4.79 Å². The number of amides is 3. The Labute approximate surface area is 179 Å². The molecule has 0 bridgehead atoms. The van der Waals surface area contributed by atoms with Gasteiger partial charge in [0.05, 0.1) is 10.6 Å². The number of benzene rings is 2. The maximum atomic E-state index is 13.4. The van der Waals surface area contributed by atoms with Crippen molar-refractivity contribution >= 4 is 23.5 Å². The third-order valence-electron chi connectivity index (χ3n) is 5.21. The standard InChI is InChI=1S/C22H21ClN4O3/c1-2-3-13-22(15-9-5-4-6-10-15)20(28)27(21(29)24-22)14-18-25-26-19(30-18)16-11-7-8-12-17(16)23/h4-12H,2-3,13-14H2,1H3,(H,24,29). The average molecular weight is 425 g/mol. The summed E-state index contributed by atoms with van der Waals surface area (Å²) in [5.41, 5.74) is 0.276. The van der Waals surface area contributed by atoms with Gasteiger partial charge in [-0.3, -0.25) is 9.69 Å². The van der Waals surface area contributed by atoms with E-state index >= 15 is 0 Å². The highest BCUT2D eigenvalue weighted by molar-refractivity contribution is 6.33. The van der Waals surface area contributed by atoms with E-state index in [4.69, 9.17) is 16.0 Å². The lowest BCUT2D eigenvalue weighted by Gasteiger charge is -2.27. The Balaban J connectivity index is 1.61. The van der Waals surface area contributed by atoms with E-state index in [-0.39, 0.29) is 24.2 Å². The first kappa shape index (κ1) is 20.1. The largest absolute Gasteiger partial charge is 0.419 e. The number of imide groups is 1. The van der Waals surface area contributed by atoms with Crippen molar-refractivity contribution in [2.45, 2.75) is 38.3 Å². The number of nitrogens with zero attached hydrogens (tertiary/aromatic N) is 3. The quantitative estimate of drug-likeness (QED) is 0.563. The molecule has 1 atom stereocenters. The summed E-state index contributed by atoms with van der Waals surface area (Å²) in [6.45, 7) is 1.94. The van der Waals surface area contributed by atoms with Crippen molar-refractivity contribution in [3.05, 3.63) is 71.1 Å². The lowest BCUT2D eigenvalue weighted by molar-refractivity contribution is -0.132. The van der Waals surface area contributed by atoms with Crippen LogP contribution in [-0.2, 0) is 16.9 Å². The molecule has 30 heavy (non-hydrogen) atoms. The molecule has 0 spiro atoms. The molecule has 1 aliphatic heterocycles. The van der Waals surface area contributed by atoms with Gasteiger partial charge in [-0.1, -0.05) is 73.8 Å². The fraction of sp³-hybridized carbons (Fsp3) is 0.273. The fourth-order valence-electron chi connectivity index (χ4n) is 3.64. The van der Waals surface area contributed by atoms with Crippen LogP contribution in [0.3, 0.4) is 0 Å². The van der Waals surface area contributed by atoms with E-state index in [1.165, 1.54) is 0 Å². The van der Waals surface area contributed by atoms with E-state index in [1.54, 1.807) is 18.2 Å². The second kappa shape index (κ2) is 8.28. The highest BCUT2D eigenvalue weighted by Gasteiger charge is 2.52. The third kappa shape index (κ3) is 3.57. The molecule has 154 valence electrons. The minimum absolute atomic E-state index is 0.108. The number of urea groups is 1. The van der Waals surface area contributed by atoms with Gasteiger partial charge in [0.2, 0.25) is 11.8 Å². The van der Waals surface area contributed by atoms with Gasteiger partial charge >= 0.3 is 6.03 Å². The maximum absolute atomic E-state index is 13.4. The second-order valence-electron chi connectivity index (χ2n) is 7.18. The monoisotopic (exact) mass is 424 g/mol. The lowest BCUT2D eigenvalue weighted by atomic mass is 9.85. The number of carbonyl (C=O) groups is 2. The first-order valence-corrected chi connectivity index (χ1v) is 10.2. The molecule has 1 fully saturated rings. The van der Waals surface area contributed by atoms with E-state index in [9.17, 15) is 9.59 Å². The number of unbranched alkanes of at least 4 members (excludes halogenated alkanes) is 1. The molecule has 2 heterocycles. The van der Waals surface area contributed by atoms with Gasteiger partial charge in [0.15, 0.2) is 0 Å². The molecular formula is C22H21ClN4O3. The summed E-state index contributed by atoms with van der Waals surface area (Å²) in [4.78, 5) is 27.3. The Morgan fingerprint density at radius 1 is 1.07 bits per heavy atom. The number of carbonyl (C=O) groups excluding carboxylic acids is 2. The number of hydrogen-bond donors (Lipinski definition) is 1. The van der Waals surface area contributed by atoms with Crippen LogP contribution in [0, 0.1) is 0 Å². The van der Waals surface area contributed by atoms with Crippen molar-refractivity contribution < 1.29 is 14.0 Å². The molecule has 3 amide bonds. The first-order valence-electron chi connectivity index (χ1n) is 9.82. The number of halogens is 1. The van der Waals surface area contributed by atoms with Crippen LogP contribution in [0.2, 0.25) is 5.02 Å². The zero-order chi connectivity index (χ0) is 21.1. The Morgan fingerprint density at radius 3 is 2.53 bits per heavy atom. The predicted molar refractivity (Wildman–Crippen MR) is 111 cm³/mol. The van der Waals surface area contributed by atoms with Crippen LogP contribution >= 0.6 is 11.6 Å². The van der Waals surface area contributed by atoms with E-state index in [0.717, 1.165) is 23.3 Å². The van der Waals surface area contributed by atoms with Crippen molar-refractivity contribution in [3.63, 3.8) is 0 Å². The van der Waals surface area contributed by atoms with Gasteiger partial charge in [-0.15, -0.1) is 10.2 Å². The van der Waals surface area contributed by atoms with Crippen LogP contribution < -0.4 is 5.32 Å². The van der Waals surface area contributed by atoms with E-state index in [0.29, 0.717) is 17.0 Å². The molecule has 1 unspecified atom stereocenters. The summed E-state index contributed by atoms with van der Waals surface area (Å²) >= 11 is 6.18. The SMILES string of the molecule is CCCCC1(c2ccccc2)NC(=O)N(Cc2nnc(-c3ccccc3Cl)o2)C1=O. The smallest absolute Gasteiger partial charge is 0.325 e. The number of hydrogen-bond acceptors (Lipinski definition) is 5. The van der Waals surface area contributed by atoms with Crippen LogP contribution in [-0.4, -0.2) is 27.0 Å². The molecule has 4 rings (SSSR count). The zero-order valence-electron chi connectivity index (χ0n) is 16.5. The molecule has 1 saturated heterocycles. The summed E-state index contributed by atoms with van der Waals surface area (Å²) in [5, 5.41) is 11.4. The number of nitrogens with one attached hydrogen (secondary N) is 1. The van der Waals surface area contributed by atoms with Crippen molar-refractivity contribution in [1.82, 2.24) is 20.4 Å². The van der Waals surface area contributed by atoms with Crippen LogP contribution in [0.15, 0.2) is 59.0 Å². The molecule has 7 nitrogen and oxygen atoms in total. The highest BCUT2D eigenvalue weighted by Crippen LogP contribution is 2.35. The Morgan fingerprint density at radius 2 is 1.80 bits per heavy atom. The second-order valence-corrected chi connectivity index (χ2v) is 7.58. The highest BCUT2D eigenvalue weighted by atomic mass is 35.5. The molecule has 1 aromatic heterocycles. The number of aromatic nitrogens is 2. The molecule has 8 heteroatoms. The van der Waals surface area contributed by atoms with E-state index in [1.807, 2.05) is 43.3 Å². The topological polar surface area (TPSA) is 88.3 Å². The summed E-state index contributed by atoms with van der Waals surface area (Å²) in [6, 6.07) is 15.9. The Kier molecular flexibility index (Phi) is 5.55. The maximum Gasteiger partial charge on any atom is 0.325 e. The predicted octanol–water partition coefficient (Wildman–Crippen LogP) is 4.53. The van der Waals surface area contributed by atoms with Gasteiger partial charge in [0.1, 0.15) is 12.1 Å². The van der Waals surface area contributed by atoms with Crippen LogP contribution in [0.1, 0.15) is 37.6 Å². The molecule has 2 aromatic carbocycles. The summed E-state index contributed by atoms with van der Waals surface area (Å²) < 4.78 is 5.68. The van der Waals surface area contributed by atoms with Gasteiger partial charge in [-0.2, -0.15) is 0 Å². The lowest BCUT2D eigenvalue weighted by Crippen LogP contribution is -2.44. The molecule has 0 radical (unpaired) electrons. The van der Waals surface area contributed by atoms with Gasteiger partial charge in [-0.05, 0) is 24.1 Å². The van der Waals surface area contributed by atoms with Crippen molar-refractivity contribution in [3.8, 4) is 11.5 Å². The first-order chi connectivity index (χ1) is 14.5. The van der Waals surface area contributed by atoms with Crippen LogP contribution in [0.5, 0.6) is 0 Å². The van der Waals surface area contributed by atoms with Crippen LogP contribution in [0.4, 0.5) is 4.79 Å². The third-order valence-corrected chi connectivity index (χ3v) is 5.54. The summed E-state index contributed by atoms with van der Waals surface area (Å²) in [5.74, 6) is 0.0837. The van der Waals surface area contributed by atoms with Crippen molar-refractivity contribution in [2.75, 3.05) is 0 Å². The Hall–Kier alpha value is -3.19. The Bertz CT molecular complexity index is 1070. The molecule has 3 aromatic rings. The van der Waals surface area contributed by atoms with Gasteiger partial charge in [0.25, 0.3) is 5.91 Å². The zero-order valence-corrected chi connectivity index (χ0v) is 17.2. The van der Waals surface area contributed by atoms with Crippen molar-refractivity contribution in [1.29, 1.82) is 0 Å². The molecule has 0 saturated carbocycles. The average Bonchev–Trinajstić information content (AvgIpc) is 3.32. The normalized spacial score (nSPS) is 18.7. The van der Waals surface area contributed by atoms with Crippen molar-refractivity contribution in [2.24, 2.45) is 0 Å². The minimum atomic E-state index is -1.08. The van der Waals surface area contributed by atoms with E-state index < -0.39 is 11.6 Å². The minimum Gasteiger partial charge on any atom is -0.419 e. The van der Waals surface area contributed by atoms with Gasteiger partial charge < -0.3 is 9.73 Å². The summed E-state index contributed by atoms with van der Waals surface area (Å²) in [6.07, 6.45) is 2.22. The fourth-order valence-corrected chi connectivity index (χ4v) is 3.86. The van der Waals surface area contributed by atoms with Gasteiger partial charge in [0, 0.05) is 0 Å².